The third-order valence-corrected chi connectivity index (χ3v) is 20.7. The molecule has 10 atom stereocenters. The third kappa shape index (κ3) is 29.8. The van der Waals surface area contributed by atoms with Crippen molar-refractivity contribution in [1.82, 2.24) is 67.7 Å². The van der Waals surface area contributed by atoms with Gasteiger partial charge in [0.1, 0.15) is 65.9 Å². The fourth-order valence-corrected chi connectivity index (χ4v) is 14.5. The normalized spacial score (nSPS) is 16.0. The molecule has 2 saturated heterocycles. The zero-order valence-corrected chi connectivity index (χ0v) is 67.7. The number of nitrogens with one attached hydrogen (secondary N) is 12. The summed E-state index contributed by atoms with van der Waals surface area (Å²) in [6.45, 7) is 10.8. The predicted molar refractivity (Wildman–Crippen MR) is 427 cm³/mol. The number of fused-ring (bicyclic) bond motifs is 1. The highest BCUT2D eigenvalue weighted by Gasteiger charge is 2.42. The smallest absolute Gasteiger partial charge is 0.417 e. The lowest BCUT2D eigenvalue weighted by Crippen LogP contribution is -2.61. The summed E-state index contributed by atoms with van der Waals surface area (Å²) in [4.78, 5) is 176. The molecule has 0 aliphatic carbocycles. The molecule has 11 amide bonds. The van der Waals surface area contributed by atoms with E-state index in [2.05, 4.69) is 67.8 Å². The van der Waals surface area contributed by atoms with Crippen LogP contribution in [0.4, 0.5) is 23.2 Å². The number of guanidine groups is 1. The van der Waals surface area contributed by atoms with Crippen LogP contribution in [0.2, 0.25) is 0 Å². The van der Waals surface area contributed by atoms with Crippen LogP contribution in [-0.2, 0) is 92.8 Å². The molecule has 4 aromatic carbocycles. The van der Waals surface area contributed by atoms with Crippen LogP contribution < -0.4 is 64.6 Å². The Morgan fingerprint density at radius 2 is 1.29 bits per heavy atom. The van der Waals surface area contributed by atoms with Crippen molar-refractivity contribution < 1.29 is 104 Å². The largest absolute Gasteiger partial charge is 0.508 e. The van der Waals surface area contributed by atoms with Crippen molar-refractivity contribution in [2.75, 3.05) is 37.3 Å². The summed E-state index contributed by atoms with van der Waals surface area (Å²) in [6.07, 6.45) is 0.944. The summed E-state index contributed by atoms with van der Waals surface area (Å²) < 4.78 is 76.6. The number of likely N-dealkylation sites (N-methyl/N-ethyl adjacent to an activating group) is 1. The van der Waals surface area contributed by atoms with E-state index in [4.69, 9.17) is 26.6 Å². The van der Waals surface area contributed by atoms with E-state index in [0.29, 0.717) is 47.7 Å². The fourth-order valence-electron chi connectivity index (χ4n) is 12.9. The molecule has 0 saturated carbocycles. The monoisotopic (exact) mass is 1700 g/mol. The highest BCUT2D eigenvalue weighted by molar-refractivity contribution is 7.91. The zero-order valence-electron chi connectivity index (χ0n) is 66.9. The van der Waals surface area contributed by atoms with Crippen LogP contribution in [0.25, 0.3) is 10.9 Å². The van der Waals surface area contributed by atoms with Crippen LogP contribution in [-0.4, -0.2) is 218 Å². The Balaban J connectivity index is 0.000000561. The maximum Gasteiger partial charge on any atom is 0.417 e. The number of benzene rings is 4. The van der Waals surface area contributed by atoms with Gasteiger partial charge in [0.15, 0.2) is 21.4 Å². The maximum absolute atomic E-state index is 14.7. The van der Waals surface area contributed by atoms with Gasteiger partial charge in [-0.15, -0.1) is 0 Å². The number of amides is 11. The minimum absolute atomic E-state index is 0.0397. The molecule has 120 heavy (non-hydrogen) atoms. The van der Waals surface area contributed by atoms with Gasteiger partial charge in [-0.2, -0.15) is 18.4 Å². The van der Waals surface area contributed by atoms with Crippen LogP contribution in [0.15, 0.2) is 120 Å². The Hall–Kier alpha value is -12.6. The number of nitrogens with zero attached hydrogens (tertiary/aromatic N) is 4. The number of nitriles is 1. The average Bonchev–Trinajstić information content (AvgIpc) is 1.38. The summed E-state index contributed by atoms with van der Waals surface area (Å²) in [7, 11) is -4.21. The number of aliphatic hydroxyl groups excluding tert-OH is 1. The van der Waals surface area contributed by atoms with Gasteiger partial charge in [-0.1, -0.05) is 58.0 Å². The number of hydrogen-bond acceptors (Lipinski definition) is 20. The summed E-state index contributed by atoms with van der Waals surface area (Å²) in [5.74, 6) is -11.4. The van der Waals surface area contributed by atoms with Gasteiger partial charge in [0.05, 0.1) is 40.8 Å². The van der Waals surface area contributed by atoms with Gasteiger partial charge >= 0.3 is 6.18 Å². The highest BCUT2D eigenvalue weighted by Crippen LogP contribution is 2.34. The standard InChI is InChI=1S/C59H84N16O12.C18H14F4N2O4S.C2H4O2/c1-6-63-57(86)48-14-10-22-75(48)58(87)41(13-9-21-64-59(60)61)68-51(80)42(23-32(2)3)69-52(81)43(24-33(4)5)70-53(82)44(25-34-15-17-37(77)18-16-34)71-56(85)47(30-76)74-54(83)45(26-35-28-65-39-12-8-7-11-38(35)39)72-55(84)46(27-36-29-62-31-66-36)73-50(79)40-19-20-49(78)67-40;1-17(26,10-29(27,28)14-6-3-12(19)4-7-14)16(25)24-13-5-2-11(9-23)15(8-13)18(20,21)22;1-2(3)4/h7-8,11-12,15-18,28-29,31-33,40-48,65,76-77H,6,9-10,13-14,19-27,30H2,1-5H3,(H,62,66)(H,63,86)(H,67,78)(H,68,80)(H,69,81)(H,70,82)(H,71,85)(H,72,84)(H,73,79)(H,74,83)(H4,60,61,64);2-8,26H,10H2,1H3,(H,24,25);1H3,(H,3,4)/t40-,41-,42-,43+,44-,45-,46-,47-,48-;17-;/m00./s1. The Morgan fingerprint density at radius 1 is 0.733 bits per heavy atom. The number of nitrogens with two attached hydrogens (primary N) is 2. The lowest BCUT2D eigenvalue weighted by Gasteiger charge is -2.31. The van der Waals surface area contributed by atoms with Crippen LogP contribution in [0.5, 0.6) is 5.75 Å². The maximum atomic E-state index is 14.7. The number of aliphatic imine (C=N–C) groups is 1. The Kier molecular flexibility index (Phi) is 36.0. The van der Waals surface area contributed by atoms with E-state index in [0.717, 1.165) is 55.8 Å². The number of carbonyl (C=O) groups excluding carboxylic acids is 11. The Labute approximate surface area is 688 Å². The molecule has 41 heteroatoms. The number of para-hydroxylation sites is 1. The first kappa shape index (κ1) is 96.3. The minimum atomic E-state index is -4.86. The molecule has 0 radical (unpaired) electrons. The summed E-state index contributed by atoms with van der Waals surface area (Å²) in [5.41, 5.74) is 8.43. The van der Waals surface area contributed by atoms with Crippen LogP contribution in [0.1, 0.15) is 128 Å². The second-order valence-corrected chi connectivity index (χ2v) is 31.6. The third-order valence-electron chi connectivity index (χ3n) is 18.7. The first-order valence-corrected chi connectivity index (χ1v) is 40.0. The quantitative estimate of drug-likeness (QED) is 0.00864. The highest BCUT2D eigenvalue weighted by atomic mass is 32.2. The number of carbonyl (C=O) groups is 12. The first-order valence-electron chi connectivity index (χ1n) is 38.3. The van der Waals surface area contributed by atoms with Crippen LogP contribution in [0.3, 0.4) is 0 Å². The summed E-state index contributed by atoms with van der Waals surface area (Å²) >= 11 is 0. The number of aliphatic carboxylic acids is 1. The molecular formula is C79H102F4N18O18S. The lowest BCUT2D eigenvalue weighted by molar-refractivity contribution is -0.142. The molecule has 0 spiro atoms. The number of aliphatic hydroxyl groups is 2. The van der Waals surface area contributed by atoms with E-state index in [1.54, 1.807) is 45.2 Å². The van der Waals surface area contributed by atoms with E-state index < -0.39 is 164 Å². The van der Waals surface area contributed by atoms with Crippen LogP contribution >= 0.6 is 0 Å². The predicted octanol–water partition coefficient (Wildman–Crippen LogP) is 1.53. The van der Waals surface area contributed by atoms with Gasteiger partial charge in [0.2, 0.25) is 59.1 Å². The number of aromatic nitrogens is 3. The molecular weight excluding hydrogens is 1600 g/mol. The van der Waals surface area contributed by atoms with E-state index in [1.165, 1.54) is 47.8 Å². The van der Waals surface area contributed by atoms with Gasteiger partial charge in [-0.05, 0) is 142 Å². The molecule has 0 unspecified atom stereocenters. The number of alkyl halides is 3. The van der Waals surface area contributed by atoms with Crippen molar-refractivity contribution in [3.05, 3.63) is 143 Å². The number of halogens is 4. The van der Waals surface area contributed by atoms with Crippen molar-refractivity contribution in [2.24, 2.45) is 28.3 Å². The SMILES string of the molecule is CC(=O)O.CCNC(=O)[C@@H]1CCCN1C(=O)[C@H](CCCN=C(N)N)NC(=O)[C@H](CC(C)C)NC(=O)[C@@H](CC(C)C)NC(=O)[C@H](Cc1ccc(O)cc1)NC(=O)[C@H](CO)NC(=O)[C@H](Cc1c[nH]c2ccccc12)NC(=O)[C@H](Cc1cnc[nH]1)NC(=O)[C@@H]1CCC(=O)N1.C[C@](O)(CS(=O)(=O)c1ccc(F)cc1)C(=O)Nc1ccc(C#N)c(C(F)(F)F)c1. The number of carboxylic acids is 1. The second kappa shape index (κ2) is 44.8. The molecule has 4 heterocycles. The number of aromatic hydroxyl groups is 1. The molecule has 2 fully saturated rings. The van der Waals surface area contributed by atoms with Gasteiger partial charge in [-0.25, -0.2) is 17.8 Å². The Morgan fingerprint density at radius 3 is 1.83 bits per heavy atom. The number of carboxylic acid groups (broad SMARTS) is 1. The molecule has 650 valence electrons. The number of sulfone groups is 1. The Bertz CT molecular complexity index is 4760. The molecule has 6 aromatic rings. The van der Waals surface area contributed by atoms with Crippen molar-refractivity contribution >= 4 is 103 Å². The molecule has 2 aliphatic heterocycles. The number of rotatable bonds is 37. The zero-order chi connectivity index (χ0) is 88.9. The number of anilines is 1. The number of H-pyrrole nitrogens is 2. The van der Waals surface area contributed by atoms with Crippen molar-refractivity contribution in [3.8, 4) is 11.8 Å². The topological polar surface area (TPSA) is 576 Å². The number of phenols is 1. The van der Waals surface area contributed by atoms with Gasteiger partial charge in [0.25, 0.3) is 11.9 Å². The molecule has 0 bridgehead atoms. The first-order chi connectivity index (χ1) is 56.5. The number of hydrogen-bond donors (Lipinski definition) is 18. The number of imidazole rings is 1. The van der Waals surface area contributed by atoms with E-state index in [9.17, 15) is 94.0 Å². The van der Waals surface area contributed by atoms with Gasteiger partial charge in [0, 0.05) is 86.9 Å². The van der Waals surface area contributed by atoms with Crippen molar-refractivity contribution in [3.63, 3.8) is 0 Å². The molecule has 20 N–H and O–H groups in total. The summed E-state index contributed by atoms with van der Waals surface area (Å²) in [6, 6.07) is 8.98. The molecule has 2 aliphatic rings. The molecule has 8 rings (SSSR count). The van der Waals surface area contributed by atoms with Gasteiger partial charge in [-0.3, -0.25) is 62.5 Å². The van der Waals surface area contributed by atoms with Crippen LogP contribution in [0, 0.1) is 29.0 Å². The minimum Gasteiger partial charge on any atom is -0.508 e. The average molecular weight is 1700 g/mol. The second-order valence-electron chi connectivity index (χ2n) is 29.6. The van der Waals surface area contributed by atoms with Crippen molar-refractivity contribution in [2.45, 2.75) is 190 Å². The molecule has 2 aromatic heterocycles. The van der Waals surface area contributed by atoms with Crippen molar-refractivity contribution in [1.29, 1.82) is 5.26 Å². The molecule has 36 nitrogen and oxygen atoms in total. The number of aromatic amines is 2. The number of likely N-dealkylation sites (tertiary alicyclic amines) is 1. The number of phenolic OH excluding ortho intramolecular Hbond substituents is 1. The van der Waals surface area contributed by atoms with E-state index in [1.807, 2.05) is 25.2 Å². The van der Waals surface area contributed by atoms with Gasteiger partial charge < -0.3 is 99.9 Å². The van der Waals surface area contributed by atoms with E-state index in [-0.39, 0.29) is 117 Å². The summed E-state index contributed by atoms with van der Waals surface area (Å²) in [5, 5.41) is 74.4. The van der Waals surface area contributed by atoms with E-state index >= 15 is 0 Å². The fraction of sp³-hybridized carbons (Fsp3) is 0.456. The lowest BCUT2D eigenvalue weighted by atomic mass is 9.98.